The average Bonchev–Trinajstić information content (AvgIpc) is 1.50. The second kappa shape index (κ2) is 24.1. The minimum Gasteiger partial charge on any atom is -0.497 e. The van der Waals surface area contributed by atoms with Gasteiger partial charge in [-0.2, -0.15) is 0 Å². The summed E-state index contributed by atoms with van der Waals surface area (Å²) in [4.78, 5) is 20.1. The smallest absolute Gasteiger partial charge is 0.119 e. The van der Waals surface area contributed by atoms with Gasteiger partial charge in [0.25, 0.3) is 0 Å². The molecular formula is C84H78N4O4. The van der Waals surface area contributed by atoms with E-state index in [1.54, 1.807) is 28.4 Å². The van der Waals surface area contributed by atoms with E-state index < -0.39 is 0 Å². The molecule has 8 aromatic carbocycles. The summed E-state index contributed by atoms with van der Waals surface area (Å²) in [5, 5.41) is 0. The molecule has 13 rings (SSSR count). The monoisotopic (exact) mass is 1210 g/mol. The zero-order chi connectivity index (χ0) is 64.5. The van der Waals surface area contributed by atoms with Crippen LogP contribution in [0.4, 0.5) is 0 Å². The van der Waals surface area contributed by atoms with Crippen molar-refractivity contribution in [2.24, 2.45) is 0 Å². The summed E-state index contributed by atoms with van der Waals surface area (Å²) in [6.07, 6.45) is 8.76. The Morgan fingerprint density at radius 3 is 0.609 bits per heavy atom. The fraction of sp³-hybridized carbons (Fsp3) is 0.190. The van der Waals surface area contributed by atoms with Crippen molar-refractivity contribution < 1.29 is 18.9 Å². The molecule has 0 atom stereocenters. The molecule has 0 saturated heterocycles. The molecule has 0 saturated carbocycles. The molecule has 92 heavy (non-hydrogen) atoms. The van der Waals surface area contributed by atoms with E-state index in [9.17, 15) is 0 Å². The van der Waals surface area contributed by atoms with Crippen LogP contribution in [0.2, 0.25) is 0 Å². The van der Waals surface area contributed by atoms with Crippen LogP contribution in [-0.4, -0.2) is 48.4 Å². The number of methoxy groups -OCH3 is 4. The first kappa shape index (κ1) is 60.5. The third-order valence-corrected chi connectivity index (χ3v) is 18.5. The molecular weight excluding hydrogens is 1130 g/mol. The molecule has 8 nitrogen and oxygen atoms in total. The van der Waals surface area contributed by atoms with Crippen LogP contribution >= 0.6 is 0 Å². The highest BCUT2D eigenvalue weighted by molar-refractivity contribution is 6.06. The van der Waals surface area contributed by atoms with Crippen LogP contribution in [0.1, 0.15) is 89.5 Å². The number of H-pyrrole nitrogens is 2. The summed E-state index contributed by atoms with van der Waals surface area (Å²) in [6.45, 7) is 26.3. The fourth-order valence-corrected chi connectivity index (χ4v) is 15.1. The molecule has 0 radical (unpaired) electrons. The van der Waals surface area contributed by atoms with Crippen molar-refractivity contribution in [3.05, 3.63) is 235 Å². The molecule has 458 valence electrons. The first-order valence-electron chi connectivity index (χ1n) is 31.6. The minimum absolute atomic E-state index is 0.761. The molecule has 0 aliphatic carbocycles. The normalized spacial score (nSPS) is 11.8. The third-order valence-electron chi connectivity index (χ3n) is 18.5. The fourth-order valence-electron chi connectivity index (χ4n) is 15.1. The first-order chi connectivity index (χ1) is 44.3. The van der Waals surface area contributed by atoms with Gasteiger partial charge in [-0.25, -0.2) is 9.97 Å². The number of rotatable bonds is 12. The summed E-state index contributed by atoms with van der Waals surface area (Å²) in [7, 11) is 6.95. The number of hydrogen-bond donors (Lipinski definition) is 2. The van der Waals surface area contributed by atoms with Crippen LogP contribution in [0.3, 0.4) is 0 Å². The molecule has 8 bridgehead atoms. The molecule has 8 heteroatoms. The lowest BCUT2D eigenvalue weighted by Crippen LogP contribution is -1.97. The van der Waals surface area contributed by atoms with Gasteiger partial charge in [-0.1, -0.05) is 70.8 Å². The Balaban J connectivity index is 1.26. The highest BCUT2D eigenvalue weighted by Crippen LogP contribution is 2.49. The number of aromatic amines is 2. The van der Waals surface area contributed by atoms with Crippen LogP contribution in [-0.2, 0) is 0 Å². The average molecular weight is 1210 g/mol. The van der Waals surface area contributed by atoms with E-state index in [0.717, 1.165) is 157 Å². The first-order valence-corrected chi connectivity index (χ1v) is 31.6. The van der Waals surface area contributed by atoms with Crippen molar-refractivity contribution in [2.75, 3.05) is 28.4 Å². The summed E-state index contributed by atoms with van der Waals surface area (Å²) < 4.78 is 24.3. The molecule has 0 amide bonds. The third kappa shape index (κ3) is 10.8. The minimum atomic E-state index is 0.761. The predicted molar refractivity (Wildman–Crippen MR) is 385 cm³/mol. The number of aromatic nitrogens is 4. The van der Waals surface area contributed by atoms with Crippen LogP contribution in [0.5, 0.6) is 23.0 Å². The van der Waals surface area contributed by atoms with Crippen molar-refractivity contribution in [3.8, 4) is 112 Å². The molecule has 0 fully saturated rings. The zero-order valence-corrected chi connectivity index (χ0v) is 55.7. The Morgan fingerprint density at radius 1 is 0.228 bits per heavy atom. The molecule has 2 N–H and O–H groups in total. The van der Waals surface area contributed by atoms with Gasteiger partial charge in [0.15, 0.2) is 0 Å². The standard InChI is InChI=1S/C84H78N4O4/c1-45-33-49(5)77(50(6)34-45)65-41-57(89-13)17-21-61(65)81-69-25-27-71(85-69)82(62-22-18-58(90-14)42-66(62)78-51(7)35-46(2)36-52(78)8)73-29-31-75(87-73)84(64-24-20-60(92-16)44-68(64)80-55(11)39-48(4)40-56(80)12)76-32-30-74(88-76)83(72-28-26-70(81)86-72)63-23-19-59(91-15)43-67(63)79-53(9)37-47(3)38-54(79)10/h17-44,85,88H,1-16H3. The van der Waals surface area contributed by atoms with E-state index in [4.69, 9.17) is 28.9 Å². The van der Waals surface area contributed by atoms with Gasteiger partial charge >= 0.3 is 0 Å². The van der Waals surface area contributed by atoms with E-state index in [0.29, 0.717) is 0 Å². The van der Waals surface area contributed by atoms with Gasteiger partial charge in [0.2, 0.25) is 0 Å². The van der Waals surface area contributed by atoms with Gasteiger partial charge in [0.1, 0.15) is 23.0 Å². The maximum Gasteiger partial charge on any atom is 0.119 e. The SMILES string of the molecule is COc1ccc(-c2c3nc(c(-c4ccc(OC)cc4-c4c(C)cc(C)cc4C)c4ccc([nH]4)c(-c4ccc(OC)cc4-c4c(C)cc(C)cc4C)c4nc(c(-c5ccc(OC)cc5-c5c(C)cc(C)cc5C)c5ccc2[nH]5)C=C4)C=C3)c(-c2c(C)cc(C)cc2C)c1. The van der Waals surface area contributed by atoms with Crippen molar-refractivity contribution >= 4 is 46.4 Å². The summed E-state index contributed by atoms with van der Waals surface area (Å²) >= 11 is 0. The lowest BCUT2D eigenvalue weighted by Gasteiger charge is -2.19. The summed E-state index contributed by atoms with van der Waals surface area (Å²) in [5.74, 6) is 3.04. The lowest BCUT2D eigenvalue weighted by molar-refractivity contribution is 0.415. The Hall–Kier alpha value is -10.4. The summed E-state index contributed by atoms with van der Waals surface area (Å²) in [6, 6.07) is 52.8. The van der Waals surface area contributed by atoms with Crippen LogP contribution in [0, 0.1) is 83.1 Å². The van der Waals surface area contributed by atoms with Crippen molar-refractivity contribution in [3.63, 3.8) is 0 Å². The lowest BCUT2D eigenvalue weighted by atomic mass is 9.87. The van der Waals surface area contributed by atoms with Gasteiger partial charge < -0.3 is 28.9 Å². The second-order valence-electron chi connectivity index (χ2n) is 25.2. The Bertz CT molecular complexity index is 4400. The van der Waals surface area contributed by atoms with Crippen molar-refractivity contribution in [1.29, 1.82) is 0 Å². The molecule has 2 aliphatic rings. The number of nitrogens with one attached hydrogen (secondary N) is 2. The van der Waals surface area contributed by atoms with E-state index >= 15 is 0 Å². The number of nitrogens with zero attached hydrogens (tertiary/aromatic N) is 2. The van der Waals surface area contributed by atoms with Crippen molar-refractivity contribution in [2.45, 2.75) is 83.1 Å². The zero-order valence-electron chi connectivity index (χ0n) is 55.7. The molecule has 5 heterocycles. The number of aryl methyl sites for hydroxylation is 12. The second-order valence-corrected chi connectivity index (χ2v) is 25.2. The van der Waals surface area contributed by atoms with Gasteiger partial charge in [0.05, 0.1) is 51.2 Å². The maximum atomic E-state index is 6.08. The van der Waals surface area contributed by atoms with Gasteiger partial charge in [0, 0.05) is 44.3 Å². The van der Waals surface area contributed by atoms with E-state index in [-0.39, 0.29) is 0 Å². The molecule has 0 unspecified atom stereocenters. The predicted octanol–water partition coefficient (Wildman–Crippen LogP) is 21.7. The molecule has 11 aromatic rings. The maximum absolute atomic E-state index is 6.08. The van der Waals surface area contributed by atoms with Crippen LogP contribution in [0.15, 0.2) is 146 Å². The van der Waals surface area contributed by atoms with E-state index in [1.807, 2.05) is 0 Å². The summed E-state index contributed by atoms with van der Waals surface area (Å²) in [5.41, 5.74) is 37.4. The van der Waals surface area contributed by atoms with Gasteiger partial charge in [-0.3, -0.25) is 0 Å². The highest BCUT2D eigenvalue weighted by Gasteiger charge is 2.27. The largest absolute Gasteiger partial charge is 0.497 e. The molecule has 2 aliphatic heterocycles. The quantitative estimate of drug-likeness (QED) is 0.127. The van der Waals surface area contributed by atoms with Gasteiger partial charge in [-0.15, -0.1) is 0 Å². The van der Waals surface area contributed by atoms with Crippen LogP contribution < -0.4 is 18.9 Å². The Morgan fingerprint density at radius 2 is 0.424 bits per heavy atom. The number of hydrogen-bond acceptors (Lipinski definition) is 6. The van der Waals surface area contributed by atoms with Crippen molar-refractivity contribution in [1.82, 2.24) is 19.9 Å². The Labute approximate surface area is 541 Å². The topological polar surface area (TPSA) is 94.3 Å². The Kier molecular flexibility index (Phi) is 15.8. The highest BCUT2D eigenvalue weighted by atomic mass is 16.5. The van der Waals surface area contributed by atoms with E-state index in [1.165, 1.54) is 66.8 Å². The van der Waals surface area contributed by atoms with Crippen LogP contribution in [0.25, 0.3) is 135 Å². The van der Waals surface area contributed by atoms with Gasteiger partial charge in [-0.05, 0) is 316 Å². The number of fused-ring (bicyclic) bond motifs is 8. The number of benzene rings is 8. The number of ether oxygens (including phenoxy) is 4. The van der Waals surface area contributed by atoms with E-state index in [2.05, 4.69) is 263 Å². The molecule has 0 spiro atoms. The molecule has 3 aromatic heterocycles.